The van der Waals surface area contributed by atoms with Gasteiger partial charge in [-0.15, -0.1) is 12.4 Å². The number of H-pyrrole nitrogens is 1. The molecule has 0 aromatic carbocycles. The molecule has 0 spiro atoms. The maximum atomic E-state index is 4.33. The Morgan fingerprint density at radius 1 is 1.25 bits per heavy atom. The molecule has 16 heavy (non-hydrogen) atoms. The Morgan fingerprint density at radius 3 is 2.88 bits per heavy atom. The molecule has 1 aliphatic heterocycles. The van der Waals surface area contributed by atoms with E-state index in [2.05, 4.69) is 27.5 Å². The van der Waals surface area contributed by atoms with E-state index in [0.717, 1.165) is 18.7 Å². The van der Waals surface area contributed by atoms with Gasteiger partial charge in [0.1, 0.15) is 5.65 Å². The van der Waals surface area contributed by atoms with Crippen molar-refractivity contribution >= 4 is 23.4 Å². The Hall–Kier alpha value is -1.06. The molecule has 4 heteroatoms. The number of nitrogens with zero attached hydrogens (tertiary/aromatic N) is 1. The highest BCUT2D eigenvalue weighted by atomic mass is 35.5. The van der Waals surface area contributed by atoms with Gasteiger partial charge in [0.15, 0.2) is 0 Å². The lowest BCUT2D eigenvalue weighted by Gasteiger charge is -2.22. The molecule has 0 atom stereocenters. The summed E-state index contributed by atoms with van der Waals surface area (Å²) < 4.78 is 0. The van der Waals surface area contributed by atoms with Gasteiger partial charge >= 0.3 is 0 Å². The Bertz CT molecular complexity index is 460. The van der Waals surface area contributed by atoms with Gasteiger partial charge in [-0.1, -0.05) is 0 Å². The third kappa shape index (κ3) is 1.93. The topological polar surface area (TPSA) is 40.7 Å². The molecular formula is C12H16ClN3. The average Bonchev–Trinajstić information content (AvgIpc) is 2.74. The Morgan fingerprint density at radius 2 is 2.06 bits per heavy atom. The largest absolute Gasteiger partial charge is 0.346 e. The van der Waals surface area contributed by atoms with E-state index in [1.165, 1.54) is 23.8 Å². The molecule has 1 saturated heterocycles. The molecule has 0 aliphatic carbocycles. The van der Waals surface area contributed by atoms with E-state index in [9.17, 15) is 0 Å². The molecule has 2 aromatic heterocycles. The van der Waals surface area contributed by atoms with Crippen LogP contribution in [0.5, 0.6) is 0 Å². The fraction of sp³-hybridized carbons (Fsp3) is 0.417. The van der Waals surface area contributed by atoms with E-state index in [-0.39, 0.29) is 12.4 Å². The Labute approximate surface area is 101 Å². The van der Waals surface area contributed by atoms with Crippen LogP contribution in [0.3, 0.4) is 0 Å². The standard InChI is InChI=1S/C12H15N3.ClH/c1-2-10-11(8-15-12(10)14-5-1)9-3-6-13-7-4-9;/h1-2,5,8-9,13H,3-4,6-7H2,(H,14,15);1H. The van der Waals surface area contributed by atoms with Crippen LogP contribution in [0.2, 0.25) is 0 Å². The molecule has 3 nitrogen and oxygen atoms in total. The first-order chi connectivity index (χ1) is 7.45. The van der Waals surface area contributed by atoms with Crippen LogP contribution in [0.15, 0.2) is 24.5 Å². The van der Waals surface area contributed by atoms with E-state index in [1.807, 2.05) is 12.3 Å². The predicted molar refractivity (Wildman–Crippen MR) is 68.2 cm³/mol. The van der Waals surface area contributed by atoms with E-state index in [0.29, 0.717) is 5.92 Å². The van der Waals surface area contributed by atoms with Crippen LogP contribution in [0.25, 0.3) is 11.0 Å². The van der Waals surface area contributed by atoms with Gasteiger partial charge in [-0.2, -0.15) is 0 Å². The number of hydrogen-bond donors (Lipinski definition) is 2. The number of hydrogen-bond acceptors (Lipinski definition) is 2. The molecular weight excluding hydrogens is 222 g/mol. The van der Waals surface area contributed by atoms with Gasteiger partial charge < -0.3 is 10.3 Å². The first kappa shape index (κ1) is 11.4. The fourth-order valence-corrected chi connectivity index (χ4v) is 2.45. The van der Waals surface area contributed by atoms with Gasteiger partial charge in [0.05, 0.1) is 0 Å². The van der Waals surface area contributed by atoms with E-state index >= 15 is 0 Å². The van der Waals surface area contributed by atoms with Crippen molar-refractivity contribution in [3.05, 3.63) is 30.1 Å². The monoisotopic (exact) mass is 237 g/mol. The SMILES string of the molecule is Cl.c1cnc2[nH]cc(C3CCNCC3)c2c1. The number of pyridine rings is 1. The molecule has 1 aliphatic rings. The summed E-state index contributed by atoms with van der Waals surface area (Å²) in [6.45, 7) is 2.27. The molecule has 0 unspecified atom stereocenters. The highest BCUT2D eigenvalue weighted by Gasteiger charge is 2.18. The van der Waals surface area contributed by atoms with Gasteiger partial charge in [0.25, 0.3) is 0 Å². The zero-order chi connectivity index (χ0) is 10.1. The third-order valence-corrected chi connectivity index (χ3v) is 3.26. The summed E-state index contributed by atoms with van der Waals surface area (Å²) in [4.78, 5) is 7.58. The van der Waals surface area contributed by atoms with Gasteiger partial charge in [0.2, 0.25) is 0 Å². The lowest BCUT2D eigenvalue weighted by molar-refractivity contribution is 0.462. The maximum absolute atomic E-state index is 4.33. The number of halogens is 1. The summed E-state index contributed by atoms with van der Waals surface area (Å²) in [7, 11) is 0. The second-order valence-corrected chi connectivity index (χ2v) is 4.17. The molecule has 0 bridgehead atoms. The van der Waals surface area contributed by atoms with Crippen molar-refractivity contribution in [1.29, 1.82) is 0 Å². The lowest BCUT2D eigenvalue weighted by Crippen LogP contribution is -2.26. The quantitative estimate of drug-likeness (QED) is 0.800. The van der Waals surface area contributed by atoms with Crippen LogP contribution < -0.4 is 5.32 Å². The molecule has 1 fully saturated rings. The lowest BCUT2D eigenvalue weighted by atomic mass is 9.90. The number of rotatable bonds is 1. The van der Waals surface area contributed by atoms with Crippen molar-refractivity contribution in [2.24, 2.45) is 0 Å². The molecule has 0 radical (unpaired) electrons. The van der Waals surface area contributed by atoms with Crippen LogP contribution in [0.4, 0.5) is 0 Å². The molecule has 0 amide bonds. The molecule has 3 heterocycles. The van der Waals surface area contributed by atoms with Crippen LogP contribution in [0.1, 0.15) is 24.3 Å². The second-order valence-electron chi connectivity index (χ2n) is 4.17. The molecule has 0 saturated carbocycles. The first-order valence-corrected chi connectivity index (χ1v) is 5.58. The molecule has 86 valence electrons. The van der Waals surface area contributed by atoms with Gasteiger partial charge in [-0.25, -0.2) is 4.98 Å². The summed E-state index contributed by atoms with van der Waals surface area (Å²) in [5.41, 5.74) is 2.46. The molecule has 3 rings (SSSR count). The van der Waals surface area contributed by atoms with Crippen LogP contribution >= 0.6 is 12.4 Å². The number of aromatic amines is 1. The van der Waals surface area contributed by atoms with E-state index in [4.69, 9.17) is 0 Å². The predicted octanol–water partition coefficient (Wildman–Crippen LogP) is 2.45. The number of piperidine rings is 1. The van der Waals surface area contributed by atoms with Crippen LogP contribution in [0, 0.1) is 0 Å². The van der Waals surface area contributed by atoms with Crippen LogP contribution in [-0.4, -0.2) is 23.1 Å². The average molecular weight is 238 g/mol. The van der Waals surface area contributed by atoms with Gasteiger partial charge in [0, 0.05) is 17.8 Å². The van der Waals surface area contributed by atoms with E-state index < -0.39 is 0 Å². The fourth-order valence-electron chi connectivity index (χ4n) is 2.45. The minimum absolute atomic E-state index is 0. The van der Waals surface area contributed by atoms with Crippen molar-refractivity contribution in [3.63, 3.8) is 0 Å². The maximum Gasteiger partial charge on any atom is 0.137 e. The summed E-state index contributed by atoms with van der Waals surface area (Å²) in [6, 6.07) is 4.18. The number of aromatic nitrogens is 2. The zero-order valence-electron chi connectivity index (χ0n) is 9.07. The van der Waals surface area contributed by atoms with Crippen LogP contribution in [-0.2, 0) is 0 Å². The summed E-state index contributed by atoms with van der Waals surface area (Å²) in [5.74, 6) is 0.698. The van der Waals surface area contributed by atoms with Crippen molar-refractivity contribution in [3.8, 4) is 0 Å². The second kappa shape index (κ2) is 4.85. The molecule has 2 N–H and O–H groups in total. The smallest absolute Gasteiger partial charge is 0.137 e. The zero-order valence-corrected chi connectivity index (χ0v) is 9.89. The highest BCUT2D eigenvalue weighted by molar-refractivity contribution is 5.85. The van der Waals surface area contributed by atoms with Crippen molar-refractivity contribution in [2.45, 2.75) is 18.8 Å². The number of nitrogens with one attached hydrogen (secondary N) is 2. The van der Waals surface area contributed by atoms with Gasteiger partial charge in [-0.05, 0) is 49.5 Å². The minimum atomic E-state index is 0. The Kier molecular flexibility index (Phi) is 3.46. The Balaban J connectivity index is 0.000000963. The summed E-state index contributed by atoms with van der Waals surface area (Å²) >= 11 is 0. The van der Waals surface area contributed by atoms with Crippen molar-refractivity contribution in [2.75, 3.05) is 13.1 Å². The summed E-state index contributed by atoms with van der Waals surface area (Å²) in [5, 5.41) is 4.69. The number of fused-ring (bicyclic) bond motifs is 1. The minimum Gasteiger partial charge on any atom is -0.346 e. The van der Waals surface area contributed by atoms with E-state index in [1.54, 1.807) is 0 Å². The first-order valence-electron chi connectivity index (χ1n) is 5.58. The third-order valence-electron chi connectivity index (χ3n) is 3.26. The van der Waals surface area contributed by atoms with Gasteiger partial charge in [-0.3, -0.25) is 0 Å². The summed E-state index contributed by atoms with van der Waals surface area (Å²) in [6.07, 6.45) is 6.45. The highest BCUT2D eigenvalue weighted by Crippen LogP contribution is 2.30. The van der Waals surface area contributed by atoms with Crippen molar-refractivity contribution in [1.82, 2.24) is 15.3 Å². The molecule has 2 aromatic rings. The normalized spacial score (nSPS) is 17.2. The van der Waals surface area contributed by atoms with Crippen molar-refractivity contribution < 1.29 is 0 Å².